The number of hydrogen-bond donors (Lipinski definition) is 6. The maximum Gasteiger partial charge on any atom is 0.307 e. The van der Waals surface area contributed by atoms with Crippen LogP contribution in [0.15, 0.2) is 0 Å². The Hall–Kier alpha value is -2.24. The number of hydrogen-bond acceptors (Lipinski definition) is 8. The number of aliphatic carboxylic acids is 2. The third-order valence-electron chi connectivity index (χ3n) is 6.79. The van der Waals surface area contributed by atoms with Gasteiger partial charge in [0.2, 0.25) is 5.91 Å². The highest BCUT2D eigenvalue weighted by atomic mass is 16.6. The fourth-order valence-corrected chi connectivity index (χ4v) is 4.33. The number of aliphatic hydroxyl groups excluding tert-OH is 3. The minimum atomic E-state index is -1.39. The first-order chi connectivity index (χ1) is 17.8. The Balaban J connectivity index is 4.45. The van der Waals surface area contributed by atoms with Crippen molar-refractivity contribution < 1.29 is 49.4 Å². The minimum absolute atomic E-state index is 0.126. The summed E-state index contributed by atoms with van der Waals surface area (Å²) in [7, 11) is 0. The number of esters is 1. The highest BCUT2D eigenvalue weighted by molar-refractivity contribution is 5.82. The SMILES string of the molecule is CC[C@@H](C)[C@@H](OC(=O)C[C@@H](CC(=O)O)C(=O)O)[C@@H](O)C[C@@H](C)CCCCCC[C@@H](O)C[C@H](O)CNC(C)=O. The molecule has 0 saturated carbocycles. The van der Waals surface area contributed by atoms with Crippen molar-refractivity contribution in [1.82, 2.24) is 5.32 Å². The van der Waals surface area contributed by atoms with Gasteiger partial charge in [-0.05, 0) is 31.1 Å². The molecule has 7 atom stereocenters. The Morgan fingerprint density at radius 3 is 1.97 bits per heavy atom. The standard InChI is InChI=1S/C27H49NO10/c1-5-18(3)26(38-25(35)14-20(27(36)37)13-24(33)34)23(32)12-17(2)10-8-6-7-9-11-21(30)15-22(31)16-28-19(4)29/h17-18,20-23,26,30-32H,5-16H2,1-4H3,(H,28,29)(H,33,34)(H,36,37)/t17-,18+,20+,21+,22-,23-,26+/m0/s1. The van der Waals surface area contributed by atoms with Crippen molar-refractivity contribution in [2.45, 2.75) is 123 Å². The number of amides is 1. The molecule has 0 unspecified atom stereocenters. The Kier molecular flexibility index (Phi) is 18.6. The van der Waals surface area contributed by atoms with Gasteiger partial charge in [0.1, 0.15) is 6.10 Å². The van der Waals surface area contributed by atoms with E-state index in [1.54, 1.807) is 0 Å². The van der Waals surface area contributed by atoms with Crippen LogP contribution in [-0.2, 0) is 23.9 Å². The third-order valence-corrected chi connectivity index (χ3v) is 6.79. The predicted molar refractivity (Wildman–Crippen MR) is 140 cm³/mol. The van der Waals surface area contributed by atoms with Crippen LogP contribution in [0.4, 0.5) is 0 Å². The summed E-state index contributed by atoms with van der Waals surface area (Å²) in [5.41, 5.74) is 0. The van der Waals surface area contributed by atoms with Gasteiger partial charge in [-0.3, -0.25) is 19.2 Å². The Bertz CT molecular complexity index is 716. The van der Waals surface area contributed by atoms with Crippen LogP contribution in [0, 0.1) is 17.8 Å². The quantitative estimate of drug-likeness (QED) is 0.0867. The van der Waals surface area contributed by atoms with Gasteiger partial charge in [-0.25, -0.2) is 0 Å². The monoisotopic (exact) mass is 547 g/mol. The topological polar surface area (TPSA) is 191 Å². The number of nitrogens with one attached hydrogen (secondary N) is 1. The number of carbonyl (C=O) groups is 4. The highest BCUT2D eigenvalue weighted by Gasteiger charge is 2.32. The number of rotatable bonds is 22. The first kappa shape index (κ1) is 35.8. The summed E-state index contributed by atoms with van der Waals surface area (Å²) in [5, 5.41) is 51.2. The molecule has 0 aliphatic heterocycles. The zero-order valence-corrected chi connectivity index (χ0v) is 23.3. The molecule has 11 nitrogen and oxygen atoms in total. The molecule has 0 aliphatic rings. The van der Waals surface area contributed by atoms with Gasteiger partial charge in [0.05, 0.1) is 37.1 Å². The molecular weight excluding hydrogens is 498 g/mol. The molecule has 0 aromatic rings. The Morgan fingerprint density at radius 2 is 1.45 bits per heavy atom. The number of unbranched alkanes of at least 4 members (excludes halogenated alkanes) is 3. The summed E-state index contributed by atoms with van der Waals surface area (Å²) in [6.07, 6.45) is 1.92. The van der Waals surface area contributed by atoms with E-state index in [0.29, 0.717) is 19.3 Å². The number of ether oxygens (including phenoxy) is 1. The summed E-state index contributed by atoms with van der Waals surface area (Å²) < 4.78 is 5.46. The van der Waals surface area contributed by atoms with E-state index in [0.717, 1.165) is 32.1 Å². The van der Waals surface area contributed by atoms with Crippen molar-refractivity contribution in [3.05, 3.63) is 0 Å². The van der Waals surface area contributed by atoms with Gasteiger partial charge in [0.25, 0.3) is 0 Å². The van der Waals surface area contributed by atoms with Gasteiger partial charge in [0.15, 0.2) is 0 Å². The van der Waals surface area contributed by atoms with Crippen LogP contribution in [-0.4, -0.2) is 80.3 Å². The van der Waals surface area contributed by atoms with E-state index < -0.39 is 61.1 Å². The second kappa shape index (κ2) is 19.8. The van der Waals surface area contributed by atoms with Gasteiger partial charge < -0.3 is 35.6 Å². The number of carboxylic acid groups (broad SMARTS) is 2. The lowest BCUT2D eigenvalue weighted by molar-refractivity contribution is -0.164. The molecule has 1 amide bonds. The van der Waals surface area contributed by atoms with Crippen LogP contribution in [0.5, 0.6) is 0 Å². The van der Waals surface area contributed by atoms with E-state index in [9.17, 15) is 34.5 Å². The second-order valence-corrected chi connectivity index (χ2v) is 10.6. The maximum atomic E-state index is 12.4. The van der Waals surface area contributed by atoms with E-state index in [2.05, 4.69) is 5.32 Å². The average Bonchev–Trinajstić information content (AvgIpc) is 2.81. The largest absolute Gasteiger partial charge is 0.481 e. The number of carbonyl (C=O) groups excluding carboxylic acids is 2. The lowest BCUT2D eigenvalue weighted by Crippen LogP contribution is -2.38. The molecule has 0 aliphatic carbocycles. The van der Waals surface area contributed by atoms with Crippen molar-refractivity contribution in [3.8, 4) is 0 Å². The minimum Gasteiger partial charge on any atom is -0.481 e. The van der Waals surface area contributed by atoms with Crippen LogP contribution in [0.25, 0.3) is 0 Å². The van der Waals surface area contributed by atoms with Crippen molar-refractivity contribution in [3.63, 3.8) is 0 Å². The van der Waals surface area contributed by atoms with Crippen molar-refractivity contribution in [2.24, 2.45) is 17.8 Å². The Morgan fingerprint density at radius 1 is 0.842 bits per heavy atom. The molecule has 222 valence electrons. The van der Waals surface area contributed by atoms with Gasteiger partial charge in [-0.15, -0.1) is 0 Å². The van der Waals surface area contributed by atoms with Gasteiger partial charge >= 0.3 is 17.9 Å². The van der Waals surface area contributed by atoms with Crippen LogP contribution < -0.4 is 5.32 Å². The molecule has 0 saturated heterocycles. The lowest BCUT2D eigenvalue weighted by atomic mass is 9.89. The molecule has 0 radical (unpaired) electrons. The van der Waals surface area contributed by atoms with E-state index in [1.807, 2.05) is 20.8 Å². The normalized spacial score (nSPS) is 16.9. The summed E-state index contributed by atoms with van der Waals surface area (Å²) in [6, 6.07) is 0. The molecule has 0 fully saturated rings. The molecule has 0 rings (SSSR count). The van der Waals surface area contributed by atoms with E-state index >= 15 is 0 Å². The smallest absolute Gasteiger partial charge is 0.307 e. The molecule has 0 heterocycles. The molecule has 6 N–H and O–H groups in total. The van der Waals surface area contributed by atoms with E-state index in [-0.39, 0.29) is 30.7 Å². The predicted octanol–water partition coefficient (Wildman–Crippen LogP) is 2.49. The van der Waals surface area contributed by atoms with Crippen molar-refractivity contribution >= 4 is 23.8 Å². The molecule has 38 heavy (non-hydrogen) atoms. The lowest BCUT2D eigenvalue weighted by Gasteiger charge is -2.30. The molecule has 0 bridgehead atoms. The van der Waals surface area contributed by atoms with Crippen LogP contribution in [0.3, 0.4) is 0 Å². The molecule has 0 aromatic carbocycles. The zero-order chi connectivity index (χ0) is 29.3. The number of aliphatic hydroxyl groups is 3. The molecule has 11 heteroatoms. The fraction of sp³-hybridized carbons (Fsp3) is 0.852. The first-order valence-electron chi connectivity index (χ1n) is 13.7. The van der Waals surface area contributed by atoms with Crippen LogP contribution in [0.1, 0.15) is 98.3 Å². The number of carboxylic acids is 2. The molecule has 0 aromatic heterocycles. The second-order valence-electron chi connectivity index (χ2n) is 10.6. The Labute approximate surface area is 226 Å². The highest BCUT2D eigenvalue weighted by Crippen LogP contribution is 2.24. The van der Waals surface area contributed by atoms with E-state index in [4.69, 9.17) is 14.9 Å². The maximum absolute atomic E-state index is 12.4. The third kappa shape index (κ3) is 17.3. The van der Waals surface area contributed by atoms with Crippen LogP contribution in [0.2, 0.25) is 0 Å². The zero-order valence-electron chi connectivity index (χ0n) is 23.3. The van der Waals surface area contributed by atoms with E-state index in [1.165, 1.54) is 6.92 Å². The molecule has 0 spiro atoms. The van der Waals surface area contributed by atoms with Gasteiger partial charge in [-0.1, -0.05) is 52.9 Å². The summed E-state index contributed by atoms with van der Waals surface area (Å²) in [5.74, 6) is -5.14. The van der Waals surface area contributed by atoms with Gasteiger partial charge in [-0.2, -0.15) is 0 Å². The molecular formula is C27H49NO10. The van der Waals surface area contributed by atoms with Crippen LogP contribution >= 0.6 is 0 Å². The fourth-order valence-electron chi connectivity index (χ4n) is 4.33. The first-order valence-corrected chi connectivity index (χ1v) is 13.7. The summed E-state index contributed by atoms with van der Waals surface area (Å²) in [4.78, 5) is 45.3. The van der Waals surface area contributed by atoms with Crippen molar-refractivity contribution in [2.75, 3.05) is 6.54 Å². The average molecular weight is 548 g/mol. The van der Waals surface area contributed by atoms with Crippen molar-refractivity contribution in [1.29, 1.82) is 0 Å². The summed E-state index contributed by atoms with van der Waals surface area (Å²) >= 11 is 0. The van der Waals surface area contributed by atoms with Gasteiger partial charge in [0, 0.05) is 19.9 Å². The summed E-state index contributed by atoms with van der Waals surface area (Å²) in [6.45, 7) is 7.24.